The topological polar surface area (TPSA) is 21.8 Å². The predicted octanol–water partition coefficient (Wildman–Crippen LogP) is 2.88. The third-order valence-corrected chi connectivity index (χ3v) is 3.92. The van der Waals surface area contributed by atoms with Crippen molar-refractivity contribution < 1.29 is 9.47 Å². The lowest BCUT2D eigenvalue weighted by Gasteiger charge is -2.24. The predicted molar refractivity (Wildman–Crippen MR) is 56.0 cm³/mol. The van der Waals surface area contributed by atoms with Crippen molar-refractivity contribution in [3.63, 3.8) is 0 Å². The fraction of sp³-hybridized carbons (Fsp3) is 0.833. The molecule has 2 nitrogen and oxygen atoms in total. The van der Waals surface area contributed by atoms with Gasteiger partial charge in [-0.2, -0.15) is 0 Å². The number of rotatable bonds is 5. The summed E-state index contributed by atoms with van der Waals surface area (Å²) >= 11 is 0. The van der Waals surface area contributed by atoms with Crippen LogP contribution >= 0.6 is 0 Å². The number of allylic oxidation sites excluding steroid dienone is 1. The molecular weight excluding hydrogens is 176 g/mol. The van der Waals surface area contributed by atoms with Gasteiger partial charge in [-0.05, 0) is 19.3 Å². The maximum absolute atomic E-state index is 5.84. The van der Waals surface area contributed by atoms with Gasteiger partial charge in [0, 0.05) is 11.8 Å². The summed E-state index contributed by atoms with van der Waals surface area (Å²) in [5.74, 6) is -0.222. The molecule has 0 spiro atoms. The first-order chi connectivity index (χ1) is 6.73. The van der Waals surface area contributed by atoms with E-state index in [-0.39, 0.29) is 5.79 Å². The summed E-state index contributed by atoms with van der Waals surface area (Å²) < 4.78 is 11.6. The smallest absolute Gasteiger partial charge is 0.196 e. The summed E-state index contributed by atoms with van der Waals surface area (Å²) in [6.45, 7) is 9.08. The minimum absolute atomic E-state index is 0.222. The van der Waals surface area contributed by atoms with Gasteiger partial charge in [0.05, 0.1) is 6.61 Å². The average Bonchev–Trinajstić information content (AvgIpc) is 2.87. The molecule has 0 radical (unpaired) electrons. The van der Waals surface area contributed by atoms with Crippen molar-refractivity contribution in [2.75, 3.05) is 6.61 Å². The van der Waals surface area contributed by atoms with E-state index in [1.165, 1.54) is 0 Å². The lowest BCUT2D eigenvalue weighted by molar-refractivity contribution is -0.0755. The minimum Gasteiger partial charge on any atom is -0.347 e. The number of fused-ring (bicyclic) bond motifs is 1. The lowest BCUT2D eigenvalue weighted by Crippen LogP contribution is -2.26. The van der Waals surface area contributed by atoms with E-state index >= 15 is 0 Å². The highest BCUT2D eigenvalue weighted by molar-refractivity contribution is 5.11. The molecule has 2 rings (SSSR count). The van der Waals surface area contributed by atoms with Crippen molar-refractivity contribution >= 4 is 0 Å². The van der Waals surface area contributed by atoms with Crippen LogP contribution in [0.2, 0.25) is 0 Å². The van der Waals surface area contributed by atoms with Gasteiger partial charge in [-0.25, -0.2) is 0 Å². The first kappa shape index (κ1) is 10.2. The third kappa shape index (κ3) is 1.24. The first-order valence-electron chi connectivity index (χ1n) is 5.65. The molecule has 2 heterocycles. The highest BCUT2D eigenvalue weighted by atomic mass is 16.8. The van der Waals surface area contributed by atoms with Gasteiger partial charge >= 0.3 is 0 Å². The maximum atomic E-state index is 5.84. The highest BCUT2D eigenvalue weighted by Gasteiger charge is 2.70. The molecule has 2 aliphatic rings. The van der Waals surface area contributed by atoms with Gasteiger partial charge in [-0.1, -0.05) is 19.9 Å². The molecule has 0 N–H and O–H groups in total. The van der Waals surface area contributed by atoms with Crippen LogP contribution in [0, 0.1) is 5.41 Å². The van der Waals surface area contributed by atoms with Crippen molar-refractivity contribution in [3.05, 3.63) is 12.7 Å². The zero-order chi connectivity index (χ0) is 10.2. The van der Waals surface area contributed by atoms with Crippen molar-refractivity contribution in [2.24, 2.45) is 5.41 Å². The Morgan fingerprint density at radius 3 is 2.57 bits per heavy atom. The Bertz CT molecular complexity index is 232. The third-order valence-electron chi connectivity index (χ3n) is 3.92. The van der Waals surface area contributed by atoms with Crippen LogP contribution in [0.15, 0.2) is 12.7 Å². The summed E-state index contributed by atoms with van der Waals surface area (Å²) in [5, 5.41) is 0. The molecule has 14 heavy (non-hydrogen) atoms. The Kier molecular flexibility index (Phi) is 2.44. The van der Waals surface area contributed by atoms with E-state index in [1.54, 1.807) is 0 Å². The highest BCUT2D eigenvalue weighted by Crippen LogP contribution is 2.59. The normalized spacial score (nSPS) is 38.0. The molecule has 2 heteroatoms. The number of epoxide rings is 1. The Morgan fingerprint density at radius 2 is 2.14 bits per heavy atom. The van der Waals surface area contributed by atoms with Crippen LogP contribution in [0.5, 0.6) is 0 Å². The molecule has 0 amide bonds. The van der Waals surface area contributed by atoms with Gasteiger partial charge < -0.3 is 9.47 Å². The van der Waals surface area contributed by atoms with Crippen molar-refractivity contribution in [2.45, 2.75) is 51.4 Å². The SMILES string of the molecule is C=CCCC12OCC(CC)(CC)C1O2. The van der Waals surface area contributed by atoms with Crippen LogP contribution in [0.3, 0.4) is 0 Å². The summed E-state index contributed by atoms with van der Waals surface area (Å²) in [7, 11) is 0. The van der Waals surface area contributed by atoms with Gasteiger partial charge in [0.2, 0.25) is 0 Å². The fourth-order valence-corrected chi connectivity index (χ4v) is 2.60. The van der Waals surface area contributed by atoms with Gasteiger partial charge in [0.1, 0.15) is 6.10 Å². The fourth-order valence-electron chi connectivity index (χ4n) is 2.60. The van der Waals surface area contributed by atoms with Crippen molar-refractivity contribution in [1.29, 1.82) is 0 Å². The molecule has 0 aliphatic carbocycles. The quantitative estimate of drug-likeness (QED) is 0.498. The van der Waals surface area contributed by atoms with E-state index in [1.807, 2.05) is 6.08 Å². The molecule has 2 aliphatic heterocycles. The van der Waals surface area contributed by atoms with E-state index in [9.17, 15) is 0 Å². The van der Waals surface area contributed by atoms with Crippen molar-refractivity contribution in [1.82, 2.24) is 0 Å². The zero-order valence-electron chi connectivity index (χ0n) is 9.21. The Labute approximate surface area is 86.3 Å². The molecular formula is C12H20O2. The average molecular weight is 196 g/mol. The van der Waals surface area contributed by atoms with Crippen LogP contribution in [0.4, 0.5) is 0 Å². The van der Waals surface area contributed by atoms with Gasteiger partial charge in [0.15, 0.2) is 5.79 Å². The standard InChI is InChI=1S/C12H20O2/c1-4-7-8-12-10(14-12)11(5-2,6-3)9-13-12/h4,10H,1,5-9H2,2-3H3. The molecule has 2 fully saturated rings. The summed E-state index contributed by atoms with van der Waals surface area (Å²) in [6.07, 6.45) is 6.57. The minimum atomic E-state index is -0.222. The summed E-state index contributed by atoms with van der Waals surface area (Å²) in [5.41, 5.74) is 0.293. The van der Waals surface area contributed by atoms with E-state index in [4.69, 9.17) is 9.47 Å². The largest absolute Gasteiger partial charge is 0.347 e. The van der Waals surface area contributed by atoms with E-state index in [0.29, 0.717) is 11.5 Å². The number of hydrogen-bond acceptors (Lipinski definition) is 2. The molecule has 0 bridgehead atoms. The van der Waals surface area contributed by atoms with Crippen LogP contribution in [-0.4, -0.2) is 18.5 Å². The Hall–Kier alpha value is -0.340. The summed E-state index contributed by atoms with van der Waals surface area (Å²) in [6, 6.07) is 0. The van der Waals surface area contributed by atoms with Gasteiger partial charge in [-0.15, -0.1) is 6.58 Å². The molecule has 0 aromatic heterocycles. The molecule has 0 saturated carbocycles. The number of ether oxygens (including phenoxy) is 2. The second kappa shape index (κ2) is 3.35. The maximum Gasteiger partial charge on any atom is 0.196 e. The Morgan fingerprint density at radius 1 is 1.43 bits per heavy atom. The van der Waals surface area contributed by atoms with Gasteiger partial charge in [-0.3, -0.25) is 0 Å². The second-order valence-electron chi connectivity index (χ2n) is 4.50. The van der Waals surface area contributed by atoms with Crippen LogP contribution in [-0.2, 0) is 9.47 Å². The van der Waals surface area contributed by atoms with Crippen LogP contribution in [0.1, 0.15) is 39.5 Å². The van der Waals surface area contributed by atoms with Crippen LogP contribution < -0.4 is 0 Å². The van der Waals surface area contributed by atoms with Crippen LogP contribution in [0.25, 0.3) is 0 Å². The monoisotopic (exact) mass is 196 g/mol. The Balaban J connectivity index is 2.01. The first-order valence-corrected chi connectivity index (χ1v) is 5.65. The molecule has 2 unspecified atom stereocenters. The second-order valence-corrected chi connectivity index (χ2v) is 4.50. The molecule has 0 aromatic rings. The molecule has 2 atom stereocenters. The lowest BCUT2D eigenvalue weighted by atomic mass is 9.79. The molecule has 2 saturated heterocycles. The summed E-state index contributed by atoms with van der Waals surface area (Å²) in [4.78, 5) is 0. The number of hydrogen-bond donors (Lipinski definition) is 0. The van der Waals surface area contributed by atoms with E-state index in [0.717, 1.165) is 32.3 Å². The van der Waals surface area contributed by atoms with E-state index in [2.05, 4.69) is 20.4 Å². The zero-order valence-corrected chi connectivity index (χ0v) is 9.21. The van der Waals surface area contributed by atoms with E-state index < -0.39 is 0 Å². The van der Waals surface area contributed by atoms with Crippen molar-refractivity contribution in [3.8, 4) is 0 Å². The van der Waals surface area contributed by atoms with Gasteiger partial charge in [0.25, 0.3) is 0 Å². The molecule has 0 aromatic carbocycles. The molecule has 80 valence electrons.